The number of benzene rings is 1. The fraction of sp³-hybridized carbons (Fsp3) is 0.556. The minimum absolute atomic E-state index is 0.0105. The van der Waals surface area contributed by atoms with Crippen molar-refractivity contribution in [1.29, 1.82) is 0 Å². The second-order valence-corrected chi connectivity index (χ2v) is 6.47. The standard InChI is InChI=1S/C18H23N3O4/c1-20-14-6-3-2-5-13(14)19-16(20)11-21(12-17-24-9-10-25-17)18(22)15-7-4-8-23-15/h2-3,5-6,15,17H,4,7-12H2,1H3/t15-/m1/s1. The zero-order valence-corrected chi connectivity index (χ0v) is 14.4. The second-order valence-electron chi connectivity index (χ2n) is 6.47. The summed E-state index contributed by atoms with van der Waals surface area (Å²) in [5, 5.41) is 0. The number of hydrogen-bond donors (Lipinski definition) is 0. The minimum Gasteiger partial charge on any atom is -0.368 e. The summed E-state index contributed by atoms with van der Waals surface area (Å²) < 4.78 is 18.7. The van der Waals surface area contributed by atoms with E-state index in [1.807, 2.05) is 35.9 Å². The molecule has 25 heavy (non-hydrogen) atoms. The van der Waals surface area contributed by atoms with E-state index in [0.717, 1.165) is 29.7 Å². The van der Waals surface area contributed by atoms with Crippen molar-refractivity contribution in [3.05, 3.63) is 30.1 Å². The molecule has 1 aromatic carbocycles. The molecule has 0 spiro atoms. The highest BCUT2D eigenvalue weighted by Crippen LogP contribution is 2.20. The van der Waals surface area contributed by atoms with Gasteiger partial charge in [-0.25, -0.2) is 4.98 Å². The summed E-state index contributed by atoms with van der Waals surface area (Å²) in [5.74, 6) is 0.828. The van der Waals surface area contributed by atoms with Gasteiger partial charge in [-0.05, 0) is 25.0 Å². The van der Waals surface area contributed by atoms with Crippen molar-refractivity contribution in [3.63, 3.8) is 0 Å². The van der Waals surface area contributed by atoms with Gasteiger partial charge in [0.25, 0.3) is 5.91 Å². The molecular formula is C18H23N3O4. The van der Waals surface area contributed by atoms with Crippen LogP contribution in [0.1, 0.15) is 18.7 Å². The Bertz CT molecular complexity index is 748. The summed E-state index contributed by atoms with van der Waals surface area (Å²) in [4.78, 5) is 19.4. The lowest BCUT2D eigenvalue weighted by Gasteiger charge is -2.27. The molecule has 3 heterocycles. The number of para-hydroxylation sites is 2. The molecule has 1 amide bonds. The molecule has 2 aliphatic rings. The molecule has 2 aliphatic heterocycles. The zero-order valence-electron chi connectivity index (χ0n) is 14.4. The SMILES string of the molecule is Cn1c(CN(CC2OCCO2)C(=O)[C@H]2CCCO2)nc2ccccc21. The molecule has 0 N–H and O–H groups in total. The third-order valence-corrected chi connectivity index (χ3v) is 4.79. The summed E-state index contributed by atoms with van der Waals surface area (Å²) >= 11 is 0. The normalized spacial score (nSPS) is 21.2. The number of nitrogens with zero attached hydrogens (tertiary/aromatic N) is 3. The van der Waals surface area contributed by atoms with Crippen LogP contribution in [-0.4, -0.2) is 59.1 Å². The molecule has 0 bridgehead atoms. The highest BCUT2D eigenvalue weighted by Gasteiger charge is 2.32. The third-order valence-electron chi connectivity index (χ3n) is 4.79. The predicted octanol–water partition coefficient (Wildman–Crippen LogP) is 1.45. The first kappa shape index (κ1) is 16.5. The Morgan fingerprint density at radius 2 is 2.04 bits per heavy atom. The molecule has 0 radical (unpaired) electrons. The van der Waals surface area contributed by atoms with Gasteiger partial charge in [0.1, 0.15) is 11.9 Å². The second kappa shape index (κ2) is 7.11. The predicted molar refractivity (Wildman–Crippen MR) is 90.8 cm³/mol. The highest BCUT2D eigenvalue weighted by molar-refractivity contribution is 5.81. The Kier molecular flexibility index (Phi) is 4.70. The first-order valence-electron chi connectivity index (χ1n) is 8.76. The number of imidazole rings is 1. The Morgan fingerprint density at radius 3 is 2.76 bits per heavy atom. The molecule has 7 nitrogen and oxygen atoms in total. The van der Waals surface area contributed by atoms with E-state index < -0.39 is 0 Å². The van der Waals surface area contributed by atoms with Crippen LogP contribution in [0.3, 0.4) is 0 Å². The van der Waals surface area contributed by atoms with Crippen molar-refractivity contribution >= 4 is 16.9 Å². The highest BCUT2D eigenvalue weighted by atomic mass is 16.7. The molecule has 1 aromatic heterocycles. The zero-order chi connectivity index (χ0) is 17.2. The molecule has 4 rings (SSSR count). The molecule has 2 aromatic rings. The third kappa shape index (κ3) is 3.40. The summed E-state index contributed by atoms with van der Waals surface area (Å²) in [7, 11) is 1.97. The van der Waals surface area contributed by atoms with Crippen LogP contribution in [0.15, 0.2) is 24.3 Å². The average molecular weight is 345 g/mol. The van der Waals surface area contributed by atoms with Crippen molar-refractivity contribution in [1.82, 2.24) is 14.5 Å². The topological polar surface area (TPSA) is 65.8 Å². The molecule has 0 aliphatic carbocycles. The van der Waals surface area contributed by atoms with Crippen LogP contribution >= 0.6 is 0 Å². The van der Waals surface area contributed by atoms with E-state index in [9.17, 15) is 4.79 Å². The first-order chi connectivity index (χ1) is 12.2. The maximum Gasteiger partial charge on any atom is 0.252 e. The van der Waals surface area contributed by atoms with Gasteiger partial charge in [0, 0.05) is 13.7 Å². The van der Waals surface area contributed by atoms with Crippen LogP contribution in [0.2, 0.25) is 0 Å². The maximum absolute atomic E-state index is 12.9. The maximum atomic E-state index is 12.9. The Labute approximate surface area is 146 Å². The molecule has 0 saturated carbocycles. The van der Waals surface area contributed by atoms with Crippen molar-refractivity contribution in [2.45, 2.75) is 31.8 Å². The van der Waals surface area contributed by atoms with Crippen LogP contribution in [0.5, 0.6) is 0 Å². The molecule has 0 unspecified atom stereocenters. The lowest BCUT2D eigenvalue weighted by atomic mass is 10.2. The number of carbonyl (C=O) groups excluding carboxylic acids is 1. The van der Waals surface area contributed by atoms with E-state index in [1.54, 1.807) is 4.90 Å². The largest absolute Gasteiger partial charge is 0.368 e. The fourth-order valence-electron chi connectivity index (χ4n) is 3.41. The van der Waals surface area contributed by atoms with E-state index in [-0.39, 0.29) is 18.3 Å². The van der Waals surface area contributed by atoms with Gasteiger partial charge in [-0.2, -0.15) is 0 Å². The quantitative estimate of drug-likeness (QED) is 0.821. The molecule has 1 atom stereocenters. The number of aryl methyl sites for hydroxylation is 1. The molecule has 2 fully saturated rings. The van der Waals surface area contributed by atoms with Crippen LogP contribution < -0.4 is 0 Å². The van der Waals surface area contributed by atoms with Gasteiger partial charge in [-0.3, -0.25) is 4.79 Å². The molecular weight excluding hydrogens is 322 g/mol. The van der Waals surface area contributed by atoms with E-state index in [0.29, 0.717) is 32.9 Å². The van der Waals surface area contributed by atoms with Crippen molar-refractivity contribution in [2.24, 2.45) is 7.05 Å². The van der Waals surface area contributed by atoms with E-state index in [4.69, 9.17) is 14.2 Å². The van der Waals surface area contributed by atoms with Crippen LogP contribution in [-0.2, 0) is 32.6 Å². The fourth-order valence-corrected chi connectivity index (χ4v) is 3.41. The van der Waals surface area contributed by atoms with Crippen molar-refractivity contribution < 1.29 is 19.0 Å². The molecule has 2 saturated heterocycles. The monoisotopic (exact) mass is 345 g/mol. The summed E-state index contributed by atoms with van der Waals surface area (Å²) in [6.07, 6.45) is 0.952. The first-order valence-corrected chi connectivity index (χ1v) is 8.76. The smallest absolute Gasteiger partial charge is 0.252 e. The van der Waals surface area contributed by atoms with Gasteiger partial charge in [0.05, 0.1) is 37.3 Å². The number of rotatable bonds is 5. The van der Waals surface area contributed by atoms with E-state index >= 15 is 0 Å². The lowest BCUT2D eigenvalue weighted by molar-refractivity contribution is -0.147. The summed E-state index contributed by atoms with van der Waals surface area (Å²) in [5.41, 5.74) is 1.98. The number of amides is 1. The lowest BCUT2D eigenvalue weighted by Crippen LogP contribution is -2.43. The minimum atomic E-state index is -0.375. The van der Waals surface area contributed by atoms with Gasteiger partial charge in [-0.1, -0.05) is 12.1 Å². The van der Waals surface area contributed by atoms with Crippen molar-refractivity contribution in [3.8, 4) is 0 Å². The Balaban J connectivity index is 1.57. The van der Waals surface area contributed by atoms with Gasteiger partial charge in [-0.15, -0.1) is 0 Å². The number of hydrogen-bond acceptors (Lipinski definition) is 5. The van der Waals surface area contributed by atoms with Gasteiger partial charge < -0.3 is 23.7 Å². The van der Waals surface area contributed by atoms with Crippen LogP contribution in [0, 0.1) is 0 Å². The van der Waals surface area contributed by atoms with Gasteiger partial charge in [0.2, 0.25) is 0 Å². The number of aromatic nitrogens is 2. The average Bonchev–Trinajstić information content (AvgIpc) is 3.37. The summed E-state index contributed by atoms with van der Waals surface area (Å²) in [6.45, 7) is 2.58. The van der Waals surface area contributed by atoms with Crippen LogP contribution in [0.25, 0.3) is 11.0 Å². The number of carbonyl (C=O) groups is 1. The van der Waals surface area contributed by atoms with E-state index in [1.165, 1.54) is 0 Å². The molecule has 134 valence electrons. The van der Waals surface area contributed by atoms with Gasteiger partial charge in [0.15, 0.2) is 6.29 Å². The van der Waals surface area contributed by atoms with Gasteiger partial charge >= 0.3 is 0 Å². The number of ether oxygens (including phenoxy) is 3. The van der Waals surface area contributed by atoms with Crippen molar-refractivity contribution in [2.75, 3.05) is 26.4 Å². The summed E-state index contributed by atoms with van der Waals surface area (Å²) in [6, 6.07) is 7.97. The van der Waals surface area contributed by atoms with Crippen LogP contribution in [0.4, 0.5) is 0 Å². The van der Waals surface area contributed by atoms with E-state index in [2.05, 4.69) is 4.98 Å². The molecule has 7 heteroatoms. The number of fused-ring (bicyclic) bond motifs is 1. The Morgan fingerprint density at radius 1 is 1.24 bits per heavy atom. The Hall–Kier alpha value is -1.96.